The summed E-state index contributed by atoms with van der Waals surface area (Å²) in [4.78, 5) is 31.9. The standard InChI is InChI=1S/C35H35Cl2F2N5O4/c1-20(45)41-13-10-21-2-6-28(36)23(14-21)18-44(24-4-5-24)35(46)27-17-40-12-11-26(27)22-3-9-32(42-16-22)47-19-25-15-31(43-48-25)33-29(38)7-8-30(39)34(33)37/h2-3,6-9,14-16,24,26-27,40H,4-5,10-13,17-19H2,1H3,(H,41,45)/t26-,27+/m1/s1. The SMILES string of the molecule is CC(=O)NCCc1ccc(Cl)c(CN(C(=O)[C@H]2CNCC[C@@H]2c2ccc(OCc3cc(-c4c(F)ccc(F)c4Cl)no3)nc2)C2CC2)c1. The lowest BCUT2D eigenvalue weighted by atomic mass is 9.81. The molecule has 9 nitrogen and oxygen atoms in total. The third-order valence-corrected chi connectivity index (χ3v) is 9.46. The summed E-state index contributed by atoms with van der Waals surface area (Å²) in [6, 6.07) is 13.0. The Hall–Kier alpha value is -4.06. The molecule has 0 spiro atoms. The molecule has 2 N–H and O–H groups in total. The van der Waals surface area contributed by atoms with Gasteiger partial charge in [0.05, 0.1) is 16.5 Å². The smallest absolute Gasteiger partial charge is 0.228 e. The van der Waals surface area contributed by atoms with Gasteiger partial charge in [-0.3, -0.25) is 9.59 Å². The van der Waals surface area contributed by atoms with Gasteiger partial charge in [0.2, 0.25) is 17.7 Å². The van der Waals surface area contributed by atoms with E-state index >= 15 is 0 Å². The van der Waals surface area contributed by atoms with Crippen LogP contribution in [-0.2, 0) is 29.2 Å². The molecule has 252 valence electrons. The fourth-order valence-electron chi connectivity index (χ4n) is 6.08. The monoisotopic (exact) mass is 697 g/mol. The van der Waals surface area contributed by atoms with Gasteiger partial charge in [0.15, 0.2) is 12.4 Å². The summed E-state index contributed by atoms with van der Waals surface area (Å²) in [5.41, 5.74) is 2.75. The Balaban J connectivity index is 1.11. The summed E-state index contributed by atoms with van der Waals surface area (Å²) in [5, 5.41) is 10.3. The molecule has 1 aliphatic heterocycles. The van der Waals surface area contributed by atoms with E-state index < -0.39 is 11.6 Å². The molecule has 3 heterocycles. The highest BCUT2D eigenvalue weighted by Gasteiger charge is 2.40. The molecule has 0 bridgehead atoms. The largest absolute Gasteiger partial charge is 0.469 e. The van der Waals surface area contributed by atoms with Gasteiger partial charge in [-0.05, 0) is 73.0 Å². The zero-order chi connectivity index (χ0) is 33.8. The minimum Gasteiger partial charge on any atom is -0.469 e. The van der Waals surface area contributed by atoms with E-state index in [0.717, 1.165) is 54.6 Å². The molecule has 2 aromatic heterocycles. The minimum absolute atomic E-state index is 0.0382. The van der Waals surface area contributed by atoms with Gasteiger partial charge in [0, 0.05) is 56.0 Å². The molecule has 2 amide bonds. The molecule has 2 aliphatic rings. The van der Waals surface area contributed by atoms with E-state index in [9.17, 15) is 18.4 Å². The average molecular weight is 699 g/mol. The van der Waals surface area contributed by atoms with Crippen LogP contribution in [0.4, 0.5) is 8.78 Å². The molecule has 2 fully saturated rings. The van der Waals surface area contributed by atoms with Gasteiger partial charge >= 0.3 is 0 Å². The molecule has 1 saturated heterocycles. The number of nitrogens with zero attached hydrogens (tertiary/aromatic N) is 3. The van der Waals surface area contributed by atoms with Crippen LogP contribution in [0.3, 0.4) is 0 Å². The maximum atomic E-state index is 14.3. The van der Waals surface area contributed by atoms with Crippen molar-refractivity contribution in [1.82, 2.24) is 25.7 Å². The Bertz CT molecular complexity index is 1780. The van der Waals surface area contributed by atoms with E-state index in [1.807, 2.05) is 29.2 Å². The van der Waals surface area contributed by atoms with Crippen LogP contribution in [0.25, 0.3) is 11.3 Å². The number of carbonyl (C=O) groups excluding carboxylic acids is 2. The number of pyridine rings is 1. The molecule has 4 aromatic rings. The number of piperidine rings is 1. The number of halogens is 4. The number of carbonyl (C=O) groups is 2. The molecule has 0 radical (unpaired) electrons. The van der Waals surface area contributed by atoms with Gasteiger partial charge in [0.25, 0.3) is 0 Å². The number of rotatable bonds is 12. The highest BCUT2D eigenvalue weighted by Crippen LogP contribution is 2.37. The summed E-state index contributed by atoms with van der Waals surface area (Å²) in [6.45, 7) is 3.74. The lowest BCUT2D eigenvalue weighted by Crippen LogP contribution is -2.47. The van der Waals surface area contributed by atoms with Crippen molar-refractivity contribution in [3.8, 4) is 17.1 Å². The van der Waals surface area contributed by atoms with Gasteiger partial charge in [-0.2, -0.15) is 0 Å². The second-order valence-corrected chi connectivity index (χ2v) is 13.0. The van der Waals surface area contributed by atoms with Crippen LogP contribution in [0, 0.1) is 17.6 Å². The Morgan fingerprint density at radius 3 is 2.65 bits per heavy atom. The zero-order valence-corrected chi connectivity index (χ0v) is 27.8. The normalized spacial score (nSPS) is 17.6. The highest BCUT2D eigenvalue weighted by atomic mass is 35.5. The van der Waals surface area contributed by atoms with E-state index in [1.54, 1.807) is 12.3 Å². The van der Waals surface area contributed by atoms with Crippen LogP contribution < -0.4 is 15.4 Å². The predicted octanol–water partition coefficient (Wildman–Crippen LogP) is 6.46. The Kier molecular flexibility index (Phi) is 10.6. The number of hydrogen-bond donors (Lipinski definition) is 2. The third-order valence-electron chi connectivity index (χ3n) is 8.72. The molecule has 13 heteroatoms. The first-order valence-electron chi connectivity index (χ1n) is 15.9. The van der Waals surface area contributed by atoms with Crippen molar-refractivity contribution in [3.05, 3.63) is 98.9 Å². The van der Waals surface area contributed by atoms with Gasteiger partial charge in [-0.1, -0.05) is 46.6 Å². The Morgan fingerprint density at radius 2 is 1.90 bits per heavy atom. The minimum atomic E-state index is -0.762. The van der Waals surface area contributed by atoms with Crippen LogP contribution in [0.2, 0.25) is 10.0 Å². The van der Waals surface area contributed by atoms with E-state index in [1.165, 1.54) is 13.0 Å². The second kappa shape index (κ2) is 15.0. The molecule has 6 rings (SSSR count). The van der Waals surface area contributed by atoms with Gasteiger partial charge in [-0.25, -0.2) is 13.8 Å². The predicted molar refractivity (Wildman–Crippen MR) is 177 cm³/mol. The molecule has 2 aromatic carbocycles. The number of nitrogens with one attached hydrogen (secondary N) is 2. The molecular formula is C35H35Cl2F2N5O4. The number of benzene rings is 2. The van der Waals surface area contributed by atoms with Crippen molar-refractivity contribution in [2.45, 2.75) is 57.7 Å². The van der Waals surface area contributed by atoms with E-state index in [-0.39, 0.29) is 58.3 Å². The molecule has 0 unspecified atom stereocenters. The quantitative estimate of drug-likeness (QED) is 0.164. The number of hydrogen-bond acceptors (Lipinski definition) is 7. The molecular weight excluding hydrogens is 663 g/mol. The lowest BCUT2D eigenvalue weighted by molar-refractivity contribution is -0.138. The molecule has 2 atom stereocenters. The molecule has 1 saturated carbocycles. The summed E-state index contributed by atoms with van der Waals surface area (Å²) in [5.74, 6) is -1.18. The van der Waals surface area contributed by atoms with E-state index in [4.69, 9.17) is 32.5 Å². The second-order valence-electron chi connectivity index (χ2n) is 12.2. The van der Waals surface area contributed by atoms with Crippen LogP contribution in [0.5, 0.6) is 5.88 Å². The van der Waals surface area contributed by atoms with Crippen LogP contribution in [-0.4, -0.2) is 52.5 Å². The van der Waals surface area contributed by atoms with Crippen LogP contribution in [0.15, 0.2) is 59.3 Å². The van der Waals surface area contributed by atoms with Gasteiger partial charge < -0.3 is 24.8 Å². The third kappa shape index (κ3) is 7.97. The van der Waals surface area contributed by atoms with Crippen molar-refractivity contribution in [2.75, 3.05) is 19.6 Å². The summed E-state index contributed by atoms with van der Waals surface area (Å²) >= 11 is 12.6. The fourth-order valence-corrected chi connectivity index (χ4v) is 6.50. The first-order chi connectivity index (χ1) is 23.2. The fraction of sp³-hybridized carbons (Fsp3) is 0.371. The van der Waals surface area contributed by atoms with Gasteiger partial charge in [0.1, 0.15) is 17.3 Å². The van der Waals surface area contributed by atoms with Crippen molar-refractivity contribution in [3.63, 3.8) is 0 Å². The summed E-state index contributed by atoms with van der Waals surface area (Å²) < 4.78 is 39.2. The first kappa shape index (κ1) is 33.8. The average Bonchev–Trinajstić information content (AvgIpc) is 3.82. The van der Waals surface area contributed by atoms with Crippen molar-refractivity contribution >= 4 is 35.0 Å². The van der Waals surface area contributed by atoms with E-state index in [2.05, 4.69) is 20.8 Å². The number of amides is 2. The summed E-state index contributed by atoms with van der Waals surface area (Å²) in [6.07, 6.45) is 5.10. The van der Waals surface area contributed by atoms with Crippen molar-refractivity contribution in [1.29, 1.82) is 0 Å². The van der Waals surface area contributed by atoms with Crippen LogP contribution >= 0.6 is 23.2 Å². The first-order valence-corrected chi connectivity index (χ1v) is 16.6. The zero-order valence-electron chi connectivity index (χ0n) is 26.3. The maximum Gasteiger partial charge on any atom is 0.228 e. The van der Waals surface area contributed by atoms with Gasteiger partial charge in [-0.15, -0.1) is 0 Å². The van der Waals surface area contributed by atoms with Crippen LogP contribution in [0.1, 0.15) is 54.6 Å². The van der Waals surface area contributed by atoms with E-state index in [0.29, 0.717) is 37.0 Å². The molecule has 1 aliphatic carbocycles. The molecule has 48 heavy (non-hydrogen) atoms. The summed E-state index contributed by atoms with van der Waals surface area (Å²) in [7, 11) is 0. The van der Waals surface area contributed by atoms with Crippen molar-refractivity contribution in [2.24, 2.45) is 5.92 Å². The lowest BCUT2D eigenvalue weighted by Gasteiger charge is -2.35. The van der Waals surface area contributed by atoms with Crippen molar-refractivity contribution < 1.29 is 27.6 Å². The highest BCUT2D eigenvalue weighted by molar-refractivity contribution is 6.33. The maximum absolute atomic E-state index is 14.3. The number of aromatic nitrogens is 2. The Labute approximate surface area is 286 Å². The topological polar surface area (TPSA) is 110 Å². The Morgan fingerprint density at radius 1 is 1.08 bits per heavy atom. The number of ether oxygens (including phenoxy) is 1.